The number of hydrogen-bond donors (Lipinski definition) is 0. The number of hydrogen-bond acceptors (Lipinski definition) is 2. The van der Waals surface area contributed by atoms with Gasteiger partial charge in [-0.25, -0.2) is 0 Å². The number of amides is 1. The van der Waals surface area contributed by atoms with Crippen LogP contribution in [0, 0.1) is 6.92 Å². The van der Waals surface area contributed by atoms with Crippen molar-refractivity contribution in [2.24, 2.45) is 7.05 Å². The van der Waals surface area contributed by atoms with Gasteiger partial charge in [-0.05, 0) is 12.1 Å². The van der Waals surface area contributed by atoms with E-state index in [1.54, 1.807) is 30.2 Å². The molecule has 0 bridgehead atoms. The number of aromatic nitrogens is 1. The second-order valence-corrected chi connectivity index (χ2v) is 5.14. The van der Waals surface area contributed by atoms with Crippen LogP contribution in [0.2, 0.25) is 0 Å². The number of nitrogens with zero attached hydrogens (tertiary/aromatic N) is 2. The van der Waals surface area contributed by atoms with Crippen LogP contribution in [-0.4, -0.2) is 13.0 Å². The minimum atomic E-state index is 0. The molecule has 1 aromatic heterocycles. The highest BCUT2D eigenvalue weighted by molar-refractivity contribution is 7.18. The fraction of sp³-hybridized carbons (Fsp3) is 0.333. The van der Waals surface area contributed by atoms with Gasteiger partial charge in [0.25, 0.3) is 0 Å². The maximum atomic E-state index is 11.3. The normalized spacial score (nSPS) is 10.1. The molecule has 0 aliphatic heterocycles. The number of anilines is 1. The van der Waals surface area contributed by atoms with Gasteiger partial charge in [0, 0.05) is 32.6 Å². The predicted octanol–water partition coefficient (Wildman–Crippen LogP) is -0.979. The molecule has 0 unspecified atom stereocenters. The van der Waals surface area contributed by atoms with Crippen molar-refractivity contribution in [1.29, 1.82) is 0 Å². The van der Waals surface area contributed by atoms with Crippen molar-refractivity contribution in [3.8, 4) is 0 Å². The molecule has 0 radical (unpaired) electrons. The molecule has 17 heavy (non-hydrogen) atoms. The average molecular weight is 362 g/mol. The van der Waals surface area contributed by atoms with Gasteiger partial charge in [0.2, 0.25) is 16.4 Å². The molecular formula is C12H15IN2OS. The Morgan fingerprint density at radius 2 is 2.06 bits per heavy atom. The van der Waals surface area contributed by atoms with E-state index in [2.05, 4.69) is 23.6 Å². The molecule has 2 aromatic rings. The summed E-state index contributed by atoms with van der Waals surface area (Å²) in [5, 5.41) is 1.26. The summed E-state index contributed by atoms with van der Waals surface area (Å²) in [6.45, 7) is 3.67. The van der Waals surface area contributed by atoms with Gasteiger partial charge < -0.3 is 28.9 Å². The molecule has 0 aliphatic carbocycles. The van der Waals surface area contributed by atoms with Crippen LogP contribution in [-0.2, 0) is 11.8 Å². The summed E-state index contributed by atoms with van der Waals surface area (Å²) in [5.74, 6) is 0.0500. The van der Waals surface area contributed by atoms with Gasteiger partial charge in [0.1, 0.15) is 11.7 Å². The fourth-order valence-corrected chi connectivity index (χ4v) is 2.63. The van der Waals surface area contributed by atoms with Crippen LogP contribution in [0.3, 0.4) is 0 Å². The minimum Gasteiger partial charge on any atom is -1.00 e. The van der Waals surface area contributed by atoms with Crippen molar-refractivity contribution < 1.29 is 33.3 Å². The number of carbonyl (C=O) groups excluding carboxylic acids is 1. The smallest absolute Gasteiger partial charge is 0.234 e. The monoisotopic (exact) mass is 362 g/mol. The molecule has 3 nitrogen and oxygen atoms in total. The molecule has 1 heterocycles. The second-order valence-electron chi connectivity index (χ2n) is 3.91. The molecular weight excluding hydrogens is 347 g/mol. The van der Waals surface area contributed by atoms with E-state index in [1.165, 1.54) is 15.2 Å². The maximum Gasteiger partial charge on any atom is 0.234 e. The third-order valence-electron chi connectivity index (χ3n) is 2.89. The summed E-state index contributed by atoms with van der Waals surface area (Å²) in [5.41, 5.74) is 2.11. The Morgan fingerprint density at radius 1 is 1.41 bits per heavy atom. The molecule has 0 atom stereocenters. The molecule has 1 amide bonds. The van der Waals surface area contributed by atoms with E-state index in [0.717, 1.165) is 5.69 Å². The first-order valence-electron chi connectivity index (χ1n) is 5.14. The summed E-state index contributed by atoms with van der Waals surface area (Å²) in [6, 6.07) is 6.11. The number of thiazole rings is 1. The van der Waals surface area contributed by atoms with Gasteiger partial charge in [-0.1, -0.05) is 11.3 Å². The Balaban J connectivity index is 0.00000144. The number of benzene rings is 1. The predicted molar refractivity (Wildman–Crippen MR) is 66.8 cm³/mol. The largest absolute Gasteiger partial charge is 1.00 e. The van der Waals surface area contributed by atoms with Gasteiger partial charge >= 0.3 is 0 Å². The highest BCUT2D eigenvalue weighted by atomic mass is 127. The lowest BCUT2D eigenvalue weighted by Gasteiger charge is -2.13. The van der Waals surface area contributed by atoms with Crippen LogP contribution in [0.4, 0.5) is 5.69 Å². The average Bonchev–Trinajstić information content (AvgIpc) is 2.53. The van der Waals surface area contributed by atoms with Gasteiger partial charge in [0.05, 0.1) is 0 Å². The Hall–Kier alpha value is -0.690. The standard InChI is InChI=1S/C12H15N2OS.HI/c1-8(15)13(3)10-5-6-12-11(7-10)14(4)9(2)16-12;/h5-7H,1-4H3;1H/q+1;/p-1. The number of aryl methyl sites for hydroxylation is 2. The molecule has 0 saturated carbocycles. The summed E-state index contributed by atoms with van der Waals surface area (Å²) in [4.78, 5) is 13.0. The third-order valence-corrected chi connectivity index (χ3v) is 4.03. The molecule has 0 N–H and O–H groups in total. The van der Waals surface area contributed by atoms with E-state index >= 15 is 0 Å². The first-order valence-corrected chi connectivity index (χ1v) is 5.96. The number of halogens is 1. The van der Waals surface area contributed by atoms with E-state index < -0.39 is 0 Å². The van der Waals surface area contributed by atoms with Crippen molar-refractivity contribution in [3.05, 3.63) is 23.2 Å². The van der Waals surface area contributed by atoms with Crippen LogP contribution < -0.4 is 33.4 Å². The van der Waals surface area contributed by atoms with E-state index in [-0.39, 0.29) is 29.9 Å². The van der Waals surface area contributed by atoms with Crippen molar-refractivity contribution in [2.75, 3.05) is 11.9 Å². The molecule has 2 rings (SSSR count). The molecule has 92 valence electrons. The summed E-state index contributed by atoms with van der Waals surface area (Å²) in [7, 11) is 3.84. The zero-order valence-electron chi connectivity index (χ0n) is 10.3. The summed E-state index contributed by atoms with van der Waals surface area (Å²) >= 11 is 1.77. The van der Waals surface area contributed by atoms with Gasteiger partial charge in [-0.15, -0.1) is 0 Å². The van der Waals surface area contributed by atoms with Gasteiger partial charge in [-0.2, -0.15) is 4.57 Å². The van der Waals surface area contributed by atoms with E-state index in [0.29, 0.717) is 0 Å². The number of rotatable bonds is 1. The number of fused-ring (bicyclic) bond motifs is 1. The Kier molecular flexibility index (Phi) is 4.48. The van der Waals surface area contributed by atoms with Crippen LogP contribution in [0.5, 0.6) is 0 Å². The van der Waals surface area contributed by atoms with Crippen molar-refractivity contribution in [3.63, 3.8) is 0 Å². The van der Waals surface area contributed by atoms with Crippen molar-refractivity contribution >= 4 is 33.1 Å². The third kappa shape index (κ3) is 2.60. The van der Waals surface area contributed by atoms with Crippen LogP contribution >= 0.6 is 11.3 Å². The van der Waals surface area contributed by atoms with E-state index in [4.69, 9.17) is 0 Å². The first-order chi connectivity index (χ1) is 7.50. The highest BCUT2D eigenvalue weighted by Gasteiger charge is 2.15. The highest BCUT2D eigenvalue weighted by Crippen LogP contribution is 2.24. The topological polar surface area (TPSA) is 24.2 Å². The van der Waals surface area contributed by atoms with E-state index in [9.17, 15) is 4.79 Å². The number of carbonyl (C=O) groups is 1. The quantitative estimate of drug-likeness (QED) is 0.473. The SMILES string of the molecule is CC(=O)N(C)c1ccc2sc(C)[n+](C)c2c1.[I-]. The van der Waals surface area contributed by atoms with E-state index in [1.807, 2.05) is 13.1 Å². The molecule has 0 saturated heterocycles. The Bertz CT molecular complexity index is 565. The lowest BCUT2D eigenvalue weighted by molar-refractivity contribution is -0.646. The lowest BCUT2D eigenvalue weighted by atomic mass is 10.2. The van der Waals surface area contributed by atoms with Crippen LogP contribution in [0.1, 0.15) is 11.9 Å². The molecule has 5 heteroatoms. The maximum absolute atomic E-state index is 11.3. The molecule has 1 aromatic carbocycles. The van der Waals surface area contributed by atoms with Crippen molar-refractivity contribution in [2.45, 2.75) is 13.8 Å². The Labute approximate surface area is 122 Å². The van der Waals surface area contributed by atoms with Crippen molar-refractivity contribution in [1.82, 2.24) is 0 Å². The second kappa shape index (κ2) is 5.30. The minimum absolute atomic E-state index is 0. The lowest BCUT2D eigenvalue weighted by Crippen LogP contribution is -3.00. The first kappa shape index (κ1) is 14.4. The molecule has 0 fully saturated rings. The summed E-state index contributed by atoms with van der Waals surface area (Å²) in [6.07, 6.45) is 0. The van der Waals surface area contributed by atoms with Gasteiger partial charge in [0.15, 0.2) is 0 Å². The van der Waals surface area contributed by atoms with Gasteiger partial charge in [-0.3, -0.25) is 4.79 Å². The summed E-state index contributed by atoms with van der Waals surface area (Å²) < 4.78 is 3.40. The zero-order valence-corrected chi connectivity index (χ0v) is 13.3. The Morgan fingerprint density at radius 3 is 2.65 bits per heavy atom. The molecule has 0 spiro atoms. The van der Waals surface area contributed by atoms with Crippen LogP contribution in [0.25, 0.3) is 10.2 Å². The van der Waals surface area contributed by atoms with Crippen LogP contribution in [0.15, 0.2) is 18.2 Å². The molecule has 0 aliphatic rings. The fourth-order valence-electron chi connectivity index (χ4n) is 1.64. The zero-order chi connectivity index (χ0) is 11.9.